The number of nitrogens with one attached hydrogen (secondary N) is 3. The van der Waals surface area contributed by atoms with Crippen LogP contribution in [-0.4, -0.2) is 48.3 Å². The average molecular weight is 399 g/mol. The summed E-state index contributed by atoms with van der Waals surface area (Å²) in [6.07, 6.45) is 5.58. The molecule has 0 radical (unpaired) electrons. The molecular formula is C22H30N4O3. The van der Waals surface area contributed by atoms with E-state index in [1.54, 1.807) is 4.90 Å². The van der Waals surface area contributed by atoms with E-state index < -0.39 is 6.04 Å². The number of hydrogen-bond acceptors (Lipinski definition) is 5. The van der Waals surface area contributed by atoms with Gasteiger partial charge in [0, 0.05) is 31.1 Å². The maximum atomic E-state index is 12.9. The van der Waals surface area contributed by atoms with E-state index in [2.05, 4.69) is 22.0 Å². The fourth-order valence-electron chi connectivity index (χ4n) is 5.02. The van der Waals surface area contributed by atoms with Crippen LogP contribution in [0.15, 0.2) is 18.2 Å². The Hall–Kier alpha value is -2.25. The second-order valence-electron chi connectivity index (χ2n) is 8.51. The molecule has 0 bridgehead atoms. The zero-order chi connectivity index (χ0) is 20.4. The number of nitrogens with zero attached hydrogens (tertiary/aromatic N) is 1. The van der Waals surface area contributed by atoms with Gasteiger partial charge in [-0.2, -0.15) is 0 Å². The van der Waals surface area contributed by atoms with Gasteiger partial charge in [0.2, 0.25) is 11.8 Å². The molecule has 156 valence electrons. The lowest BCUT2D eigenvalue weighted by molar-refractivity contribution is -0.136. The number of amides is 3. The summed E-state index contributed by atoms with van der Waals surface area (Å²) in [6.45, 7) is 2.23. The number of fused-ring (bicyclic) bond motifs is 1. The molecule has 3 aliphatic rings. The molecule has 4 rings (SSSR count). The number of benzene rings is 1. The molecule has 2 aliphatic heterocycles. The molecule has 7 heteroatoms. The fourth-order valence-corrected chi connectivity index (χ4v) is 5.02. The molecule has 2 fully saturated rings. The molecule has 1 saturated carbocycles. The van der Waals surface area contributed by atoms with Crippen molar-refractivity contribution in [1.29, 1.82) is 0 Å². The highest BCUT2D eigenvalue weighted by Gasteiger charge is 2.39. The lowest BCUT2D eigenvalue weighted by Crippen LogP contribution is -2.52. The number of carbonyl (C=O) groups excluding carboxylic acids is 3. The lowest BCUT2D eigenvalue weighted by Gasteiger charge is -2.30. The summed E-state index contributed by atoms with van der Waals surface area (Å²) in [7, 11) is 2.01. The van der Waals surface area contributed by atoms with Crippen LogP contribution in [0, 0.1) is 5.92 Å². The third kappa shape index (κ3) is 4.21. The first-order valence-electron chi connectivity index (χ1n) is 10.7. The van der Waals surface area contributed by atoms with Gasteiger partial charge in [0.05, 0.1) is 0 Å². The Morgan fingerprint density at radius 1 is 1.17 bits per heavy atom. The van der Waals surface area contributed by atoms with Crippen LogP contribution in [0.2, 0.25) is 0 Å². The van der Waals surface area contributed by atoms with Crippen molar-refractivity contribution in [1.82, 2.24) is 20.9 Å². The second-order valence-corrected chi connectivity index (χ2v) is 8.51. The fraction of sp³-hybridized carbons (Fsp3) is 0.591. The minimum Gasteiger partial charge on any atom is -0.322 e. The molecule has 0 aromatic heterocycles. The largest absolute Gasteiger partial charge is 0.322 e. The summed E-state index contributed by atoms with van der Waals surface area (Å²) < 4.78 is 0. The minimum atomic E-state index is -0.561. The predicted octanol–water partition coefficient (Wildman–Crippen LogP) is 1.32. The Morgan fingerprint density at radius 2 is 2.03 bits per heavy atom. The highest BCUT2D eigenvalue weighted by atomic mass is 16.2. The van der Waals surface area contributed by atoms with Gasteiger partial charge in [-0.25, -0.2) is 0 Å². The van der Waals surface area contributed by atoms with E-state index in [9.17, 15) is 14.4 Å². The molecule has 0 spiro atoms. The standard InChI is InChI=1S/C22H30N4O3/c1-23-11-14-4-2-6-16(10-14)24-12-15-5-3-7-17-18(15)13-26(22(17)29)19-8-9-20(27)25-21(19)28/h3,5,7,14,16,19,23-24H,2,4,6,8-13H2,1H3,(H,25,27,28). The Labute approximate surface area is 171 Å². The molecule has 1 aromatic rings. The van der Waals surface area contributed by atoms with E-state index in [1.165, 1.54) is 25.7 Å². The predicted molar refractivity (Wildman–Crippen MR) is 109 cm³/mol. The van der Waals surface area contributed by atoms with Gasteiger partial charge < -0.3 is 15.5 Å². The molecule has 3 unspecified atom stereocenters. The maximum Gasteiger partial charge on any atom is 0.255 e. The van der Waals surface area contributed by atoms with Crippen LogP contribution >= 0.6 is 0 Å². The van der Waals surface area contributed by atoms with Crippen LogP contribution < -0.4 is 16.0 Å². The molecule has 1 aliphatic carbocycles. The summed E-state index contributed by atoms with van der Waals surface area (Å²) in [5.41, 5.74) is 2.82. The quantitative estimate of drug-likeness (QED) is 0.629. The molecule has 3 amide bonds. The molecular weight excluding hydrogens is 368 g/mol. The summed E-state index contributed by atoms with van der Waals surface area (Å²) in [5, 5.41) is 9.35. The number of rotatable bonds is 6. The van der Waals surface area contributed by atoms with Crippen molar-refractivity contribution in [3.05, 3.63) is 34.9 Å². The van der Waals surface area contributed by atoms with Crippen LogP contribution in [0.4, 0.5) is 0 Å². The van der Waals surface area contributed by atoms with E-state index in [-0.39, 0.29) is 24.1 Å². The first-order valence-corrected chi connectivity index (χ1v) is 10.7. The summed E-state index contributed by atoms with van der Waals surface area (Å²) in [5.74, 6) is -0.00958. The van der Waals surface area contributed by atoms with Crippen molar-refractivity contribution >= 4 is 17.7 Å². The van der Waals surface area contributed by atoms with Crippen LogP contribution in [0.25, 0.3) is 0 Å². The summed E-state index contributed by atoms with van der Waals surface area (Å²) in [6, 6.07) is 5.78. The van der Waals surface area contributed by atoms with Gasteiger partial charge in [-0.05, 0) is 62.4 Å². The normalized spacial score (nSPS) is 27.1. The van der Waals surface area contributed by atoms with E-state index in [0.29, 0.717) is 24.6 Å². The van der Waals surface area contributed by atoms with Crippen LogP contribution in [0.5, 0.6) is 0 Å². The smallest absolute Gasteiger partial charge is 0.255 e. The van der Waals surface area contributed by atoms with Gasteiger partial charge in [-0.3, -0.25) is 19.7 Å². The molecule has 7 nitrogen and oxygen atoms in total. The third-order valence-corrected chi connectivity index (χ3v) is 6.54. The van der Waals surface area contributed by atoms with E-state index in [1.807, 2.05) is 19.2 Å². The van der Waals surface area contributed by atoms with Crippen LogP contribution in [0.1, 0.15) is 60.0 Å². The highest BCUT2D eigenvalue weighted by molar-refractivity contribution is 6.05. The van der Waals surface area contributed by atoms with Gasteiger partial charge in [0.25, 0.3) is 5.91 Å². The van der Waals surface area contributed by atoms with Crippen molar-refractivity contribution in [2.75, 3.05) is 13.6 Å². The Balaban J connectivity index is 1.43. The zero-order valence-electron chi connectivity index (χ0n) is 17.0. The number of imide groups is 1. The number of piperidine rings is 1. The number of hydrogen-bond donors (Lipinski definition) is 3. The Kier molecular flexibility index (Phi) is 5.96. The molecule has 2 heterocycles. The van der Waals surface area contributed by atoms with Crippen molar-refractivity contribution in [3.8, 4) is 0 Å². The highest BCUT2D eigenvalue weighted by Crippen LogP contribution is 2.30. The maximum absolute atomic E-state index is 12.9. The first kappa shape index (κ1) is 20.0. The average Bonchev–Trinajstić information content (AvgIpc) is 3.04. The Bertz CT molecular complexity index is 807. The van der Waals surface area contributed by atoms with Crippen LogP contribution in [-0.2, 0) is 22.7 Å². The van der Waals surface area contributed by atoms with E-state index >= 15 is 0 Å². The van der Waals surface area contributed by atoms with Crippen molar-refractivity contribution in [2.45, 2.75) is 63.7 Å². The molecule has 3 atom stereocenters. The third-order valence-electron chi connectivity index (χ3n) is 6.54. The van der Waals surface area contributed by atoms with E-state index in [0.717, 1.165) is 30.1 Å². The van der Waals surface area contributed by atoms with Crippen molar-refractivity contribution in [2.24, 2.45) is 5.92 Å². The zero-order valence-corrected chi connectivity index (χ0v) is 17.0. The van der Waals surface area contributed by atoms with Gasteiger partial charge in [-0.1, -0.05) is 18.6 Å². The molecule has 1 aromatic carbocycles. The Morgan fingerprint density at radius 3 is 2.83 bits per heavy atom. The van der Waals surface area contributed by atoms with E-state index in [4.69, 9.17) is 0 Å². The summed E-state index contributed by atoms with van der Waals surface area (Å²) in [4.78, 5) is 38.2. The molecule has 3 N–H and O–H groups in total. The monoisotopic (exact) mass is 398 g/mol. The van der Waals surface area contributed by atoms with Crippen molar-refractivity contribution in [3.63, 3.8) is 0 Å². The second kappa shape index (κ2) is 8.63. The lowest BCUT2D eigenvalue weighted by atomic mass is 9.85. The number of carbonyl (C=O) groups is 3. The summed E-state index contributed by atoms with van der Waals surface area (Å²) >= 11 is 0. The van der Waals surface area contributed by atoms with Crippen LogP contribution in [0.3, 0.4) is 0 Å². The minimum absolute atomic E-state index is 0.108. The first-order chi connectivity index (χ1) is 14.1. The SMILES string of the molecule is CNCC1CCCC(NCc2cccc3c2CN(C2CCC(=O)NC2=O)C3=O)C1. The van der Waals surface area contributed by atoms with Gasteiger partial charge >= 0.3 is 0 Å². The molecule has 29 heavy (non-hydrogen) atoms. The van der Waals surface area contributed by atoms with Gasteiger partial charge in [-0.15, -0.1) is 0 Å². The van der Waals surface area contributed by atoms with Gasteiger partial charge in [0.1, 0.15) is 6.04 Å². The van der Waals surface area contributed by atoms with Gasteiger partial charge in [0.15, 0.2) is 0 Å². The topological polar surface area (TPSA) is 90.5 Å². The molecule has 1 saturated heterocycles. The van der Waals surface area contributed by atoms with Crippen molar-refractivity contribution < 1.29 is 14.4 Å².